The molecule has 0 aliphatic carbocycles. The third-order valence-corrected chi connectivity index (χ3v) is 3.23. The minimum Gasteiger partial charge on any atom is -0.376 e. The molecule has 4 heteroatoms. The third kappa shape index (κ3) is 5.83. The van der Waals surface area contributed by atoms with Gasteiger partial charge >= 0.3 is 0 Å². The Morgan fingerprint density at radius 1 is 1.50 bits per heavy atom. The fourth-order valence-corrected chi connectivity index (χ4v) is 2.50. The highest BCUT2D eigenvalue weighted by atomic mass is 16.5. The molecule has 1 saturated heterocycles. The van der Waals surface area contributed by atoms with Gasteiger partial charge in [0.2, 0.25) is 5.91 Å². The van der Waals surface area contributed by atoms with Crippen molar-refractivity contribution in [2.45, 2.75) is 71.6 Å². The van der Waals surface area contributed by atoms with Gasteiger partial charge < -0.3 is 15.8 Å². The smallest absolute Gasteiger partial charge is 0.221 e. The standard InChI is InChI=1S/C14H28N2O2/c1-10(12-6-5-7-18-12)16-13(17)8-11(15)9-14(2,3)4/h10-12H,5-9,15H2,1-4H3,(H,16,17). The lowest BCUT2D eigenvalue weighted by Gasteiger charge is -2.24. The van der Waals surface area contributed by atoms with Gasteiger partial charge in [-0.2, -0.15) is 0 Å². The lowest BCUT2D eigenvalue weighted by Crippen LogP contribution is -2.43. The van der Waals surface area contributed by atoms with Gasteiger partial charge in [-0.25, -0.2) is 0 Å². The molecular formula is C14H28N2O2. The topological polar surface area (TPSA) is 64.4 Å². The molecular weight excluding hydrogens is 228 g/mol. The molecule has 1 aliphatic heterocycles. The van der Waals surface area contributed by atoms with Gasteiger partial charge in [0.1, 0.15) is 0 Å². The van der Waals surface area contributed by atoms with Crippen LogP contribution >= 0.6 is 0 Å². The summed E-state index contributed by atoms with van der Waals surface area (Å²) in [6.45, 7) is 9.23. The SMILES string of the molecule is CC(NC(=O)CC(N)CC(C)(C)C)C1CCCO1. The molecule has 0 aromatic rings. The van der Waals surface area contributed by atoms with E-state index in [1.54, 1.807) is 0 Å². The highest BCUT2D eigenvalue weighted by Gasteiger charge is 2.24. The van der Waals surface area contributed by atoms with Crippen LogP contribution in [0.4, 0.5) is 0 Å². The van der Waals surface area contributed by atoms with E-state index in [0.717, 1.165) is 25.9 Å². The Kier molecular flexibility index (Phi) is 5.60. The molecule has 0 radical (unpaired) electrons. The summed E-state index contributed by atoms with van der Waals surface area (Å²) in [5, 5.41) is 2.99. The van der Waals surface area contributed by atoms with E-state index in [-0.39, 0.29) is 29.5 Å². The van der Waals surface area contributed by atoms with Gasteiger partial charge in [-0.05, 0) is 31.6 Å². The zero-order valence-corrected chi connectivity index (χ0v) is 12.2. The predicted octanol–water partition coefficient (Wildman–Crippen LogP) is 1.82. The Morgan fingerprint density at radius 3 is 2.67 bits per heavy atom. The summed E-state index contributed by atoms with van der Waals surface area (Å²) in [7, 11) is 0. The molecule has 106 valence electrons. The highest BCUT2D eigenvalue weighted by molar-refractivity contribution is 5.76. The van der Waals surface area contributed by atoms with E-state index in [0.29, 0.717) is 6.42 Å². The molecule has 0 aromatic carbocycles. The fourth-order valence-electron chi connectivity index (χ4n) is 2.50. The number of rotatable bonds is 5. The lowest BCUT2D eigenvalue weighted by molar-refractivity contribution is -0.123. The van der Waals surface area contributed by atoms with Crippen LogP contribution in [0.15, 0.2) is 0 Å². The number of amides is 1. The quantitative estimate of drug-likeness (QED) is 0.788. The van der Waals surface area contributed by atoms with E-state index in [4.69, 9.17) is 10.5 Å². The molecule has 0 spiro atoms. The summed E-state index contributed by atoms with van der Waals surface area (Å²) >= 11 is 0. The Labute approximate surface area is 111 Å². The van der Waals surface area contributed by atoms with Crippen molar-refractivity contribution in [1.29, 1.82) is 0 Å². The van der Waals surface area contributed by atoms with Gasteiger partial charge in [0.15, 0.2) is 0 Å². The summed E-state index contributed by atoms with van der Waals surface area (Å²) in [5.74, 6) is 0.0368. The van der Waals surface area contributed by atoms with Crippen LogP contribution in [0.3, 0.4) is 0 Å². The van der Waals surface area contributed by atoms with E-state index < -0.39 is 0 Å². The number of carbonyl (C=O) groups is 1. The molecule has 3 atom stereocenters. The first-order valence-electron chi connectivity index (χ1n) is 6.94. The largest absolute Gasteiger partial charge is 0.376 e. The van der Waals surface area contributed by atoms with Crippen molar-refractivity contribution in [1.82, 2.24) is 5.32 Å². The molecule has 1 fully saturated rings. The second-order valence-electron chi connectivity index (χ2n) is 6.64. The average molecular weight is 256 g/mol. The highest BCUT2D eigenvalue weighted by Crippen LogP contribution is 2.21. The van der Waals surface area contributed by atoms with E-state index in [9.17, 15) is 4.79 Å². The average Bonchev–Trinajstić information content (AvgIpc) is 2.65. The zero-order valence-electron chi connectivity index (χ0n) is 12.2. The molecule has 3 N–H and O–H groups in total. The Bertz CT molecular complexity index is 267. The van der Waals surface area contributed by atoms with Crippen molar-refractivity contribution in [2.75, 3.05) is 6.61 Å². The minimum atomic E-state index is -0.0679. The third-order valence-electron chi connectivity index (χ3n) is 3.23. The second kappa shape index (κ2) is 6.53. The van der Waals surface area contributed by atoms with Gasteiger partial charge in [-0.1, -0.05) is 20.8 Å². The van der Waals surface area contributed by atoms with E-state index in [2.05, 4.69) is 26.1 Å². The van der Waals surface area contributed by atoms with Crippen LogP contribution in [0.5, 0.6) is 0 Å². The van der Waals surface area contributed by atoms with Gasteiger partial charge in [0.05, 0.1) is 12.1 Å². The van der Waals surface area contributed by atoms with Gasteiger partial charge in [-0.15, -0.1) is 0 Å². The van der Waals surface area contributed by atoms with Crippen molar-refractivity contribution in [2.24, 2.45) is 11.1 Å². The van der Waals surface area contributed by atoms with Gasteiger partial charge in [0, 0.05) is 19.1 Å². The number of carbonyl (C=O) groups excluding carboxylic acids is 1. The molecule has 1 amide bonds. The Morgan fingerprint density at radius 2 is 2.17 bits per heavy atom. The van der Waals surface area contributed by atoms with Crippen LogP contribution in [-0.2, 0) is 9.53 Å². The van der Waals surface area contributed by atoms with Crippen molar-refractivity contribution in [3.05, 3.63) is 0 Å². The van der Waals surface area contributed by atoms with Crippen LogP contribution < -0.4 is 11.1 Å². The number of ether oxygens (including phenoxy) is 1. The second-order valence-corrected chi connectivity index (χ2v) is 6.64. The van der Waals surface area contributed by atoms with Crippen molar-refractivity contribution in [3.8, 4) is 0 Å². The molecule has 0 aromatic heterocycles. The number of hydrogen-bond donors (Lipinski definition) is 2. The number of nitrogens with one attached hydrogen (secondary N) is 1. The maximum absolute atomic E-state index is 11.9. The molecule has 4 nitrogen and oxygen atoms in total. The van der Waals surface area contributed by atoms with Crippen LogP contribution in [0.1, 0.15) is 53.4 Å². The monoisotopic (exact) mass is 256 g/mol. The summed E-state index contributed by atoms with van der Waals surface area (Å²) < 4.78 is 5.56. The first-order chi connectivity index (χ1) is 8.28. The van der Waals surface area contributed by atoms with Crippen LogP contribution in [0.25, 0.3) is 0 Å². The zero-order chi connectivity index (χ0) is 13.8. The maximum Gasteiger partial charge on any atom is 0.221 e. The van der Waals surface area contributed by atoms with E-state index in [1.807, 2.05) is 6.92 Å². The molecule has 1 rings (SSSR count). The first kappa shape index (κ1) is 15.4. The Balaban J connectivity index is 2.27. The van der Waals surface area contributed by atoms with Crippen LogP contribution in [0.2, 0.25) is 0 Å². The van der Waals surface area contributed by atoms with E-state index in [1.165, 1.54) is 0 Å². The van der Waals surface area contributed by atoms with Crippen molar-refractivity contribution in [3.63, 3.8) is 0 Å². The number of nitrogens with two attached hydrogens (primary N) is 1. The first-order valence-corrected chi connectivity index (χ1v) is 6.94. The molecule has 0 saturated carbocycles. The normalized spacial score (nSPS) is 23.7. The summed E-state index contributed by atoms with van der Waals surface area (Å²) in [5.41, 5.74) is 6.16. The van der Waals surface area contributed by atoms with E-state index >= 15 is 0 Å². The summed E-state index contributed by atoms with van der Waals surface area (Å²) in [6.07, 6.45) is 3.56. The molecule has 1 aliphatic rings. The fraction of sp³-hybridized carbons (Fsp3) is 0.929. The molecule has 18 heavy (non-hydrogen) atoms. The number of hydrogen-bond acceptors (Lipinski definition) is 3. The lowest BCUT2D eigenvalue weighted by atomic mass is 9.87. The van der Waals surface area contributed by atoms with Crippen molar-refractivity contribution < 1.29 is 9.53 Å². The summed E-state index contributed by atoms with van der Waals surface area (Å²) in [4.78, 5) is 11.9. The van der Waals surface area contributed by atoms with Gasteiger partial charge in [0.25, 0.3) is 0 Å². The minimum absolute atomic E-state index is 0.0368. The summed E-state index contributed by atoms with van der Waals surface area (Å²) in [6, 6.07) is 0.0172. The molecule has 1 heterocycles. The van der Waals surface area contributed by atoms with Crippen LogP contribution in [-0.4, -0.2) is 30.7 Å². The van der Waals surface area contributed by atoms with Crippen molar-refractivity contribution >= 4 is 5.91 Å². The van der Waals surface area contributed by atoms with Gasteiger partial charge in [-0.3, -0.25) is 4.79 Å². The molecule has 0 bridgehead atoms. The van der Waals surface area contributed by atoms with Crippen LogP contribution in [0, 0.1) is 5.41 Å². The predicted molar refractivity (Wildman–Crippen MR) is 73.2 cm³/mol. The Hall–Kier alpha value is -0.610. The maximum atomic E-state index is 11.9. The molecule has 3 unspecified atom stereocenters.